The van der Waals surface area contributed by atoms with Gasteiger partial charge in [0, 0.05) is 17.1 Å². The van der Waals surface area contributed by atoms with Crippen LogP contribution in [0.5, 0.6) is 5.75 Å². The standard InChI is InChI=1S/C17H18N2O4S3/c1-23-13-5-3-2-4-10(13)6-14-16(22)19(17(24)26-14)7-15(21)18-11-8-25-9-12(11)20/h2-6,11-12,20H,7-9H2,1H3,(H,18,21)/b14-6-/t11-,12+/m0/s1. The Morgan fingerprint density at radius 2 is 2.23 bits per heavy atom. The minimum atomic E-state index is -0.555. The first kappa shape index (κ1) is 19.2. The molecule has 2 fully saturated rings. The molecule has 0 spiro atoms. The van der Waals surface area contributed by atoms with Crippen LogP contribution in [0.4, 0.5) is 0 Å². The Morgan fingerprint density at radius 3 is 2.92 bits per heavy atom. The minimum absolute atomic E-state index is 0.151. The first-order valence-electron chi connectivity index (χ1n) is 7.93. The molecule has 1 aromatic rings. The van der Waals surface area contributed by atoms with Gasteiger partial charge >= 0.3 is 0 Å². The van der Waals surface area contributed by atoms with E-state index < -0.39 is 6.10 Å². The predicted octanol–water partition coefficient (Wildman–Crippen LogP) is 1.49. The van der Waals surface area contributed by atoms with Crippen LogP contribution in [0.2, 0.25) is 0 Å². The lowest BCUT2D eigenvalue weighted by Crippen LogP contribution is -2.47. The second kappa shape index (κ2) is 8.43. The van der Waals surface area contributed by atoms with Crippen LogP contribution >= 0.6 is 35.7 Å². The number of thioether (sulfide) groups is 2. The highest BCUT2D eigenvalue weighted by Crippen LogP contribution is 2.34. The molecule has 2 amide bonds. The van der Waals surface area contributed by atoms with Gasteiger partial charge in [0.2, 0.25) is 5.91 Å². The zero-order chi connectivity index (χ0) is 18.7. The first-order valence-corrected chi connectivity index (χ1v) is 10.3. The van der Waals surface area contributed by atoms with E-state index in [1.165, 1.54) is 4.90 Å². The van der Waals surface area contributed by atoms with Gasteiger partial charge in [0.05, 0.1) is 24.2 Å². The van der Waals surface area contributed by atoms with Crippen molar-refractivity contribution >= 4 is 58.0 Å². The SMILES string of the molecule is COc1ccccc1/C=C1\SC(=S)N(CC(=O)N[C@H]2CSC[C@H]2O)C1=O. The summed E-state index contributed by atoms with van der Waals surface area (Å²) in [6.45, 7) is -0.151. The van der Waals surface area contributed by atoms with E-state index in [2.05, 4.69) is 5.32 Å². The lowest BCUT2D eigenvalue weighted by molar-refractivity contribution is -0.129. The Hall–Kier alpha value is -1.55. The van der Waals surface area contributed by atoms with Gasteiger partial charge in [-0.05, 0) is 12.1 Å². The van der Waals surface area contributed by atoms with Crippen LogP contribution in [0.25, 0.3) is 6.08 Å². The molecule has 2 heterocycles. The summed E-state index contributed by atoms with van der Waals surface area (Å²) in [5.41, 5.74) is 0.769. The highest BCUT2D eigenvalue weighted by atomic mass is 32.2. The van der Waals surface area contributed by atoms with Crippen LogP contribution in [0, 0.1) is 0 Å². The summed E-state index contributed by atoms with van der Waals surface area (Å²) in [4.78, 5) is 26.6. The number of ether oxygens (including phenoxy) is 1. The van der Waals surface area contributed by atoms with Crippen molar-refractivity contribution in [1.29, 1.82) is 0 Å². The van der Waals surface area contributed by atoms with Crippen molar-refractivity contribution in [3.63, 3.8) is 0 Å². The van der Waals surface area contributed by atoms with Crippen molar-refractivity contribution < 1.29 is 19.4 Å². The number of aliphatic hydroxyl groups excluding tert-OH is 1. The Kier molecular flexibility index (Phi) is 6.23. The maximum atomic E-state index is 12.6. The Bertz CT molecular complexity index is 768. The van der Waals surface area contributed by atoms with E-state index in [4.69, 9.17) is 17.0 Å². The number of hydrogen-bond donors (Lipinski definition) is 2. The molecule has 3 rings (SSSR count). The summed E-state index contributed by atoms with van der Waals surface area (Å²) in [6.07, 6.45) is 1.16. The number of aliphatic hydroxyl groups is 1. The molecule has 9 heteroatoms. The highest BCUT2D eigenvalue weighted by Gasteiger charge is 2.35. The van der Waals surface area contributed by atoms with E-state index in [1.807, 2.05) is 24.3 Å². The molecule has 2 aliphatic heterocycles. The van der Waals surface area contributed by atoms with Gasteiger partial charge in [-0.1, -0.05) is 42.2 Å². The van der Waals surface area contributed by atoms with E-state index >= 15 is 0 Å². The van der Waals surface area contributed by atoms with Gasteiger partial charge in [0.25, 0.3) is 5.91 Å². The number of carbonyl (C=O) groups is 2. The number of benzene rings is 1. The van der Waals surface area contributed by atoms with Gasteiger partial charge in [-0.25, -0.2) is 0 Å². The number of nitrogens with zero attached hydrogens (tertiary/aromatic N) is 1. The van der Waals surface area contributed by atoms with Crippen LogP contribution in [-0.4, -0.2) is 63.4 Å². The topological polar surface area (TPSA) is 78.9 Å². The summed E-state index contributed by atoms with van der Waals surface area (Å²) < 4.78 is 5.63. The quantitative estimate of drug-likeness (QED) is 0.562. The maximum Gasteiger partial charge on any atom is 0.266 e. The lowest BCUT2D eigenvalue weighted by Gasteiger charge is -2.18. The van der Waals surface area contributed by atoms with E-state index in [1.54, 1.807) is 24.9 Å². The van der Waals surface area contributed by atoms with E-state index in [-0.39, 0.29) is 24.4 Å². The highest BCUT2D eigenvalue weighted by molar-refractivity contribution is 8.26. The molecule has 1 aromatic carbocycles. The van der Waals surface area contributed by atoms with Crippen molar-refractivity contribution in [2.45, 2.75) is 12.1 Å². The molecule has 0 radical (unpaired) electrons. The lowest BCUT2D eigenvalue weighted by atomic mass is 10.2. The molecule has 0 aliphatic carbocycles. The van der Waals surface area contributed by atoms with Gasteiger partial charge in [0.15, 0.2) is 0 Å². The van der Waals surface area contributed by atoms with Gasteiger partial charge in [0.1, 0.15) is 16.6 Å². The monoisotopic (exact) mass is 410 g/mol. The number of nitrogens with one attached hydrogen (secondary N) is 1. The third-order valence-corrected chi connectivity index (χ3v) is 6.55. The van der Waals surface area contributed by atoms with E-state index in [0.29, 0.717) is 26.5 Å². The number of methoxy groups -OCH3 is 1. The molecule has 0 bridgehead atoms. The average molecular weight is 411 g/mol. The zero-order valence-corrected chi connectivity index (χ0v) is 16.5. The molecule has 6 nitrogen and oxygen atoms in total. The van der Waals surface area contributed by atoms with Crippen LogP contribution in [-0.2, 0) is 9.59 Å². The normalized spacial score (nSPS) is 24.4. The van der Waals surface area contributed by atoms with Crippen LogP contribution < -0.4 is 10.1 Å². The molecule has 2 aliphatic rings. The van der Waals surface area contributed by atoms with Crippen molar-refractivity contribution in [2.75, 3.05) is 25.2 Å². The van der Waals surface area contributed by atoms with Crippen molar-refractivity contribution in [3.8, 4) is 5.75 Å². The molecule has 2 saturated heterocycles. The number of carbonyl (C=O) groups excluding carboxylic acids is 2. The second-order valence-electron chi connectivity index (χ2n) is 5.79. The minimum Gasteiger partial charge on any atom is -0.496 e. The molecule has 2 atom stereocenters. The molecule has 0 aromatic heterocycles. The van der Waals surface area contributed by atoms with Crippen LogP contribution in [0.1, 0.15) is 5.56 Å². The number of amides is 2. The molecular formula is C17H18N2O4S3. The molecule has 2 N–H and O–H groups in total. The second-order valence-corrected chi connectivity index (χ2v) is 8.54. The molecular weight excluding hydrogens is 392 g/mol. The van der Waals surface area contributed by atoms with Gasteiger partial charge in [-0.3, -0.25) is 14.5 Å². The number of hydrogen-bond acceptors (Lipinski definition) is 7. The summed E-state index contributed by atoms with van der Waals surface area (Å²) in [7, 11) is 1.57. The largest absolute Gasteiger partial charge is 0.496 e. The smallest absolute Gasteiger partial charge is 0.266 e. The van der Waals surface area contributed by atoms with Crippen LogP contribution in [0.15, 0.2) is 29.2 Å². The molecule has 138 valence electrons. The fraction of sp³-hybridized carbons (Fsp3) is 0.353. The number of rotatable bonds is 5. The van der Waals surface area contributed by atoms with Crippen molar-refractivity contribution in [1.82, 2.24) is 10.2 Å². The Morgan fingerprint density at radius 1 is 1.46 bits per heavy atom. The third kappa shape index (κ3) is 4.22. The fourth-order valence-electron chi connectivity index (χ4n) is 2.64. The van der Waals surface area contributed by atoms with Crippen molar-refractivity contribution in [2.24, 2.45) is 0 Å². The van der Waals surface area contributed by atoms with Gasteiger partial charge in [-0.15, -0.1) is 0 Å². The Balaban J connectivity index is 1.68. The molecule has 0 unspecified atom stereocenters. The van der Waals surface area contributed by atoms with E-state index in [0.717, 1.165) is 17.3 Å². The zero-order valence-electron chi connectivity index (χ0n) is 14.0. The van der Waals surface area contributed by atoms with E-state index in [9.17, 15) is 14.7 Å². The summed E-state index contributed by atoms with van der Waals surface area (Å²) in [5.74, 6) is 1.30. The van der Waals surface area contributed by atoms with Gasteiger partial charge in [-0.2, -0.15) is 11.8 Å². The summed E-state index contributed by atoms with van der Waals surface area (Å²) in [5, 5.41) is 12.6. The van der Waals surface area contributed by atoms with Crippen molar-refractivity contribution in [3.05, 3.63) is 34.7 Å². The fourth-order valence-corrected chi connectivity index (χ4v) is 5.06. The van der Waals surface area contributed by atoms with Gasteiger partial charge < -0.3 is 15.2 Å². The maximum absolute atomic E-state index is 12.6. The average Bonchev–Trinajstić information content (AvgIpc) is 3.13. The van der Waals surface area contributed by atoms with Crippen LogP contribution in [0.3, 0.4) is 0 Å². The first-order chi connectivity index (χ1) is 12.5. The Labute approximate surface area is 165 Å². The molecule has 26 heavy (non-hydrogen) atoms. The third-order valence-electron chi connectivity index (χ3n) is 4.00. The summed E-state index contributed by atoms with van der Waals surface area (Å²) in [6, 6.07) is 7.08. The predicted molar refractivity (Wildman–Crippen MR) is 108 cm³/mol. The number of thiocarbonyl (C=S) groups is 1. The number of para-hydroxylation sites is 1. The molecule has 0 saturated carbocycles. The summed E-state index contributed by atoms with van der Waals surface area (Å²) >= 11 is 8.00.